The third-order valence-electron chi connectivity index (χ3n) is 4.75. The zero-order valence-corrected chi connectivity index (χ0v) is 13.7. The minimum Gasteiger partial charge on any atom is -0.361 e. The van der Waals surface area contributed by atoms with Gasteiger partial charge in [0.2, 0.25) is 5.91 Å². The van der Waals surface area contributed by atoms with Crippen molar-refractivity contribution in [1.29, 1.82) is 0 Å². The lowest BCUT2D eigenvalue weighted by atomic mass is 10.0. The molecule has 0 radical (unpaired) electrons. The number of para-hydroxylation sites is 1. The number of benzene rings is 1. The van der Waals surface area contributed by atoms with E-state index in [9.17, 15) is 4.79 Å². The van der Waals surface area contributed by atoms with Crippen molar-refractivity contribution in [2.24, 2.45) is 5.73 Å². The number of aromatic nitrogens is 1. The third kappa shape index (κ3) is 3.74. The quantitative estimate of drug-likeness (QED) is 0.785. The number of hydrogen-bond donors (Lipinski definition) is 3. The van der Waals surface area contributed by atoms with Crippen LogP contribution in [0.1, 0.15) is 25.3 Å². The number of piperidine rings is 1. The minimum absolute atomic E-state index is 0.0433. The number of nitrogens with two attached hydrogens (primary N) is 1. The first-order valence-electron chi connectivity index (χ1n) is 8.50. The second-order valence-corrected chi connectivity index (χ2v) is 6.41. The van der Waals surface area contributed by atoms with E-state index >= 15 is 0 Å². The van der Waals surface area contributed by atoms with E-state index in [-0.39, 0.29) is 11.9 Å². The van der Waals surface area contributed by atoms with Crippen molar-refractivity contribution in [3.63, 3.8) is 0 Å². The maximum Gasteiger partial charge on any atom is 0.237 e. The van der Waals surface area contributed by atoms with Crippen molar-refractivity contribution >= 4 is 16.8 Å². The maximum atomic E-state index is 12.4. The molecule has 2 heterocycles. The van der Waals surface area contributed by atoms with E-state index < -0.39 is 6.04 Å². The summed E-state index contributed by atoms with van der Waals surface area (Å²) in [5.41, 5.74) is 8.33. The van der Waals surface area contributed by atoms with Gasteiger partial charge in [0.15, 0.2) is 0 Å². The normalized spacial score (nSPS) is 20.5. The summed E-state index contributed by atoms with van der Waals surface area (Å²) in [6.07, 6.45) is 4.69. The highest BCUT2D eigenvalue weighted by molar-refractivity contribution is 5.86. The smallest absolute Gasteiger partial charge is 0.237 e. The largest absolute Gasteiger partial charge is 0.361 e. The highest BCUT2D eigenvalue weighted by Crippen LogP contribution is 2.19. The monoisotopic (exact) mass is 314 g/mol. The zero-order valence-electron chi connectivity index (χ0n) is 13.7. The summed E-state index contributed by atoms with van der Waals surface area (Å²) in [7, 11) is 0. The predicted molar refractivity (Wildman–Crippen MR) is 93.3 cm³/mol. The van der Waals surface area contributed by atoms with E-state index in [1.165, 1.54) is 0 Å². The molecule has 1 saturated heterocycles. The van der Waals surface area contributed by atoms with Crippen LogP contribution in [0, 0.1) is 0 Å². The Labute approximate surface area is 137 Å². The summed E-state index contributed by atoms with van der Waals surface area (Å²) in [4.78, 5) is 18.0. The lowest BCUT2D eigenvalue weighted by Crippen LogP contribution is -2.52. The molecule has 2 aromatic rings. The summed E-state index contributed by atoms with van der Waals surface area (Å²) in [5.74, 6) is -0.0433. The van der Waals surface area contributed by atoms with Crippen molar-refractivity contribution < 1.29 is 4.79 Å². The topological polar surface area (TPSA) is 74.2 Å². The van der Waals surface area contributed by atoms with Crippen LogP contribution in [0.25, 0.3) is 10.9 Å². The number of amides is 1. The van der Waals surface area contributed by atoms with Gasteiger partial charge in [-0.3, -0.25) is 4.79 Å². The molecule has 23 heavy (non-hydrogen) atoms. The van der Waals surface area contributed by atoms with Gasteiger partial charge in [-0.1, -0.05) is 25.1 Å². The second-order valence-electron chi connectivity index (χ2n) is 6.41. The molecule has 5 heteroatoms. The molecular weight excluding hydrogens is 288 g/mol. The molecule has 0 saturated carbocycles. The Morgan fingerprint density at radius 1 is 1.48 bits per heavy atom. The van der Waals surface area contributed by atoms with Gasteiger partial charge >= 0.3 is 0 Å². The van der Waals surface area contributed by atoms with Crippen LogP contribution in [0.2, 0.25) is 0 Å². The standard InChI is InChI=1S/C18H26N4O/c1-2-22-9-5-6-14(12-22)21-18(23)16(19)10-13-11-20-17-8-4-3-7-15(13)17/h3-4,7-8,11,14,16,20H,2,5-6,9-10,12,19H2,1H3,(H,21,23)/t14?,16-/m0/s1. The fourth-order valence-corrected chi connectivity index (χ4v) is 3.40. The maximum absolute atomic E-state index is 12.4. The van der Waals surface area contributed by atoms with Crippen molar-refractivity contribution in [2.75, 3.05) is 19.6 Å². The fourth-order valence-electron chi connectivity index (χ4n) is 3.40. The molecule has 1 aromatic heterocycles. The molecule has 1 aliphatic heterocycles. The number of hydrogen-bond acceptors (Lipinski definition) is 3. The van der Waals surface area contributed by atoms with E-state index in [0.29, 0.717) is 6.42 Å². The first kappa shape index (κ1) is 16.0. The lowest BCUT2D eigenvalue weighted by molar-refractivity contribution is -0.123. The Morgan fingerprint density at radius 2 is 2.30 bits per heavy atom. The SMILES string of the molecule is CCN1CCCC(NC(=O)[C@@H](N)Cc2c[nH]c3ccccc23)C1. The van der Waals surface area contributed by atoms with Gasteiger partial charge in [-0.05, 0) is 44.0 Å². The first-order chi connectivity index (χ1) is 11.2. The Bertz CT molecular complexity index is 666. The van der Waals surface area contributed by atoms with Crippen LogP contribution in [-0.2, 0) is 11.2 Å². The molecule has 1 fully saturated rings. The number of rotatable bonds is 5. The van der Waals surface area contributed by atoms with Crippen molar-refractivity contribution in [1.82, 2.24) is 15.2 Å². The van der Waals surface area contributed by atoms with E-state index in [4.69, 9.17) is 5.73 Å². The number of fused-ring (bicyclic) bond motifs is 1. The van der Waals surface area contributed by atoms with E-state index in [0.717, 1.165) is 48.9 Å². The van der Waals surface area contributed by atoms with Gasteiger partial charge in [0.05, 0.1) is 6.04 Å². The molecule has 2 atom stereocenters. The number of carbonyl (C=O) groups excluding carboxylic acids is 1. The van der Waals surface area contributed by atoms with Crippen LogP contribution >= 0.6 is 0 Å². The van der Waals surface area contributed by atoms with Crippen LogP contribution in [0.15, 0.2) is 30.5 Å². The number of likely N-dealkylation sites (tertiary alicyclic amines) is 1. The molecular formula is C18H26N4O. The molecule has 1 amide bonds. The number of nitrogens with one attached hydrogen (secondary N) is 2. The van der Waals surface area contributed by atoms with Gasteiger partial charge in [-0.25, -0.2) is 0 Å². The van der Waals surface area contributed by atoms with Crippen molar-refractivity contribution in [2.45, 2.75) is 38.3 Å². The van der Waals surface area contributed by atoms with E-state index in [1.807, 2.05) is 24.4 Å². The summed E-state index contributed by atoms with van der Waals surface area (Å²) >= 11 is 0. The van der Waals surface area contributed by atoms with Gasteiger partial charge in [0.25, 0.3) is 0 Å². The average Bonchev–Trinajstić information content (AvgIpc) is 2.98. The van der Waals surface area contributed by atoms with Crippen LogP contribution in [0.4, 0.5) is 0 Å². The molecule has 0 spiro atoms. The van der Waals surface area contributed by atoms with Crippen LogP contribution < -0.4 is 11.1 Å². The minimum atomic E-state index is -0.508. The second kappa shape index (κ2) is 7.15. The number of aromatic amines is 1. The van der Waals surface area contributed by atoms with Gasteiger partial charge in [-0.2, -0.15) is 0 Å². The summed E-state index contributed by atoms with van der Waals surface area (Å²) < 4.78 is 0. The van der Waals surface area contributed by atoms with Gasteiger partial charge in [-0.15, -0.1) is 0 Å². The van der Waals surface area contributed by atoms with Crippen LogP contribution in [0.3, 0.4) is 0 Å². The summed E-state index contributed by atoms with van der Waals surface area (Å²) in [6.45, 7) is 5.26. The van der Waals surface area contributed by atoms with Crippen molar-refractivity contribution in [3.05, 3.63) is 36.0 Å². The zero-order chi connectivity index (χ0) is 16.2. The van der Waals surface area contributed by atoms with E-state index in [1.54, 1.807) is 0 Å². The summed E-state index contributed by atoms with van der Waals surface area (Å²) in [5, 5.41) is 4.27. The third-order valence-corrected chi connectivity index (χ3v) is 4.75. The number of carbonyl (C=O) groups is 1. The van der Waals surface area contributed by atoms with Crippen LogP contribution in [-0.4, -0.2) is 47.5 Å². The van der Waals surface area contributed by atoms with Crippen LogP contribution in [0.5, 0.6) is 0 Å². The molecule has 124 valence electrons. The van der Waals surface area contributed by atoms with E-state index in [2.05, 4.69) is 28.2 Å². The Morgan fingerprint density at radius 3 is 3.13 bits per heavy atom. The Kier molecular flexibility index (Phi) is 4.98. The van der Waals surface area contributed by atoms with Crippen molar-refractivity contribution in [3.8, 4) is 0 Å². The fraction of sp³-hybridized carbons (Fsp3) is 0.500. The molecule has 5 nitrogen and oxygen atoms in total. The Balaban J connectivity index is 1.59. The number of likely N-dealkylation sites (N-methyl/N-ethyl adjacent to an activating group) is 1. The Hall–Kier alpha value is -1.85. The molecule has 1 unspecified atom stereocenters. The average molecular weight is 314 g/mol. The molecule has 1 aromatic carbocycles. The van der Waals surface area contributed by atoms with Gasteiger partial charge in [0, 0.05) is 29.7 Å². The summed E-state index contributed by atoms with van der Waals surface area (Å²) in [6, 6.07) is 7.82. The first-order valence-corrected chi connectivity index (χ1v) is 8.50. The number of H-pyrrole nitrogens is 1. The van der Waals surface area contributed by atoms with Gasteiger partial charge in [0.1, 0.15) is 0 Å². The molecule has 0 bridgehead atoms. The molecule has 1 aliphatic rings. The molecule has 4 N–H and O–H groups in total. The molecule has 3 rings (SSSR count). The predicted octanol–water partition coefficient (Wildman–Crippen LogP) is 1.64. The lowest BCUT2D eigenvalue weighted by Gasteiger charge is -2.32. The highest BCUT2D eigenvalue weighted by atomic mass is 16.2. The molecule has 0 aliphatic carbocycles. The highest BCUT2D eigenvalue weighted by Gasteiger charge is 2.23. The number of nitrogens with zero attached hydrogens (tertiary/aromatic N) is 1. The van der Waals surface area contributed by atoms with Gasteiger partial charge < -0.3 is 20.9 Å².